The molecule has 41 heavy (non-hydrogen) atoms. The molecule has 0 bridgehead atoms. The summed E-state index contributed by atoms with van der Waals surface area (Å²) in [5, 5.41) is 3.52. The topological polar surface area (TPSA) is 50.8 Å². The minimum absolute atomic E-state index is 0.303. The van der Waals surface area contributed by atoms with Gasteiger partial charge in [0.1, 0.15) is 11.5 Å². The van der Waals surface area contributed by atoms with E-state index < -0.39 is 5.60 Å². The highest BCUT2D eigenvalue weighted by molar-refractivity contribution is 5.97. The molecule has 0 amide bonds. The molecule has 1 atom stereocenters. The van der Waals surface area contributed by atoms with Gasteiger partial charge in [-0.1, -0.05) is 52.0 Å². The Morgan fingerprint density at radius 1 is 0.780 bits per heavy atom. The molecule has 210 valence electrons. The summed E-state index contributed by atoms with van der Waals surface area (Å²) in [6.45, 7) is 8.91. The lowest BCUT2D eigenvalue weighted by atomic mass is 9.75. The van der Waals surface area contributed by atoms with Gasteiger partial charge in [0.05, 0.1) is 5.56 Å². The first-order valence-corrected chi connectivity index (χ1v) is 14.5. The SMILES string of the molecule is CC(C)Cc1cc(CC(C)C)c2c(c1)C1(OC(=O)c3ccccc31)c1ccc(Nc3ccc(N(C)C)cc3)cc1O2. The molecule has 0 fully saturated rings. The van der Waals surface area contributed by atoms with Gasteiger partial charge in [-0.15, -0.1) is 0 Å². The van der Waals surface area contributed by atoms with Crippen LogP contribution in [0.4, 0.5) is 17.1 Å². The van der Waals surface area contributed by atoms with Crippen LogP contribution in [0.1, 0.15) is 65.9 Å². The van der Waals surface area contributed by atoms with Crippen molar-refractivity contribution in [3.8, 4) is 11.5 Å². The first-order chi connectivity index (χ1) is 19.7. The van der Waals surface area contributed by atoms with Gasteiger partial charge in [0.15, 0.2) is 5.60 Å². The Balaban J connectivity index is 1.53. The number of ether oxygens (including phenoxy) is 2. The summed E-state index contributed by atoms with van der Waals surface area (Å²) in [5.74, 6) is 2.12. The lowest BCUT2D eigenvalue weighted by molar-refractivity contribution is 0.0223. The maximum absolute atomic E-state index is 13.4. The Bertz CT molecular complexity index is 1620. The molecule has 0 radical (unpaired) electrons. The number of hydrogen-bond donors (Lipinski definition) is 1. The highest BCUT2D eigenvalue weighted by Gasteiger charge is 2.54. The van der Waals surface area contributed by atoms with E-state index in [4.69, 9.17) is 9.47 Å². The molecule has 4 aromatic carbocycles. The third-order valence-electron chi connectivity index (χ3n) is 7.89. The highest BCUT2D eigenvalue weighted by atomic mass is 16.6. The fraction of sp³-hybridized carbons (Fsp3) is 0.306. The van der Waals surface area contributed by atoms with Crippen molar-refractivity contribution in [1.82, 2.24) is 0 Å². The first kappa shape index (κ1) is 26.9. The largest absolute Gasteiger partial charge is 0.456 e. The fourth-order valence-electron chi connectivity index (χ4n) is 6.17. The predicted octanol–water partition coefficient (Wildman–Crippen LogP) is 8.46. The Morgan fingerprint density at radius 2 is 1.49 bits per heavy atom. The molecule has 4 aromatic rings. The van der Waals surface area contributed by atoms with Crippen LogP contribution in [0.15, 0.2) is 78.9 Å². The van der Waals surface area contributed by atoms with Crippen LogP contribution in [0.2, 0.25) is 0 Å². The number of carbonyl (C=O) groups is 1. The molecule has 0 saturated carbocycles. The van der Waals surface area contributed by atoms with Crippen LogP contribution < -0.4 is 15.0 Å². The zero-order valence-corrected chi connectivity index (χ0v) is 24.7. The predicted molar refractivity (Wildman–Crippen MR) is 166 cm³/mol. The molecule has 2 aliphatic rings. The van der Waals surface area contributed by atoms with E-state index in [1.807, 2.05) is 56.6 Å². The maximum Gasteiger partial charge on any atom is 0.340 e. The van der Waals surface area contributed by atoms with Gasteiger partial charge < -0.3 is 19.7 Å². The molecule has 2 heterocycles. The van der Waals surface area contributed by atoms with Gasteiger partial charge in [-0.2, -0.15) is 0 Å². The van der Waals surface area contributed by atoms with Crippen LogP contribution >= 0.6 is 0 Å². The van der Waals surface area contributed by atoms with E-state index in [2.05, 4.69) is 74.3 Å². The number of anilines is 3. The fourth-order valence-corrected chi connectivity index (χ4v) is 6.17. The van der Waals surface area contributed by atoms with E-state index in [0.29, 0.717) is 23.1 Å². The van der Waals surface area contributed by atoms with Crippen molar-refractivity contribution < 1.29 is 14.3 Å². The molecule has 1 spiro atoms. The van der Waals surface area contributed by atoms with Crippen LogP contribution in [0.3, 0.4) is 0 Å². The number of benzene rings is 4. The summed E-state index contributed by atoms with van der Waals surface area (Å²) in [6, 6.07) is 26.7. The Morgan fingerprint density at radius 3 is 2.20 bits per heavy atom. The van der Waals surface area contributed by atoms with Crippen molar-refractivity contribution in [2.24, 2.45) is 11.8 Å². The van der Waals surface area contributed by atoms with Crippen molar-refractivity contribution in [2.45, 2.75) is 46.1 Å². The number of nitrogens with zero attached hydrogens (tertiary/aromatic N) is 1. The van der Waals surface area contributed by atoms with E-state index in [1.54, 1.807) is 0 Å². The van der Waals surface area contributed by atoms with Crippen LogP contribution in [0, 0.1) is 11.8 Å². The molecule has 1 unspecified atom stereocenters. The smallest absolute Gasteiger partial charge is 0.340 e. The van der Waals surface area contributed by atoms with Crippen molar-refractivity contribution in [3.05, 3.63) is 112 Å². The van der Waals surface area contributed by atoms with E-state index in [9.17, 15) is 4.79 Å². The van der Waals surface area contributed by atoms with Gasteiger partial charge >= 0.3 is 5.97 Å². The summed E-state index contributed by atoms with van der Waals surface area (Å²) >= 11 is 0. The number of esters is 1. The molecule has 0 aliphatic carbocycles. The van der Waals surface area contributed by atoms with E-state index in [1.165, 1.54) is 5.56 Å². The number of hydrogen-bond acceptors (Lipinski definition) is 5. The molecule has 5 heteroatoms. The second-order valence-electron chi connectivity index (χ2n) is 12.3. The molecule has 5 nitrogen and oxygen atoms in total. The van der Waals surface area contributed by atoms with Gasteiger partial charge in [0.25, 0.3) is 0 Å². The number of nitrogens with one attached hydrogen (secondary N) is 1. The quantitative estimate of drug-likeness (QED) is 0.236. The second-order valence-corrected chi connectivity index (χ2v) is 12.3. The van der Waals surface area contributed by atoms with Crippen molar-refractivity contribution in [3.63, 3.8) is 0 Å². The van der Waals surface area contributed by atoms with E-state index in [0.717, 1.165) is 57.9 Å². The van der Waals surface area contributed by atoms with Gasteiger partial charge in [-0.3, -0.25) is 0 Å². The zero-order chi connectivity index (χ0) is 28.9. The van der Waals surface area contributed by atoms with Crippen LogP contribution in [0.5, 0.6) is 11.5 Å². The van der Waals surface area contributed by atoms with Crippen molar-refractivity contribution in [2.75, 3.05) is 24.3 Å². The van der Waals surface area contributed by atoms with Crippen molar-refractivity contribution >= 4 is 23.0 Å². The van der Waals surface area contributed by atoms with Gasteiger partial charge in [0.2, 0.25) is 0 Å². The lowest BCUT2D eigenvalue weighted by Crippen LogP contribution is -2.33. The minimum Gasteiger partial charge on any atom is -0.456 e. The zero-order valence-electron chi connectivity index (χ0n) is 24.7. The van der Waals surface area contributed by atoms with Gasteiger partial charge in [-0.05, 0) is 84.3 Å². The molecule has 1 N–H and O–H groups in total. The monoisotopic (exact) mass is 546 g/mol. The average Bonchev–Trinajstić information content (AvgIpc) is 3.22. The Labute approximate surface area is 243 Å². The molecule has 0 saturated heterocycles. The normalized spacial score (nSPS) is 16.7. The van der Waals surface area contributed by atoms with E-state index >= 15 is 0 Å². The summed E-state index contributed by atoms with van der Waals surface area (Å²) in [4.78, 5) is 15.5. The van der Waals surface area contributed by atoms with Crippen molar-refractivity contribution in [1.29, 1.82) is 0 Å². The maximum atomic E-state index is 13.4. The van der Waals surface area contributed by atoms with E-state index in [-0.39, 0.29) is 5.97 Å². The number of fused-ring (bicyclic) bond motifs is 6. The highest BCUT2D eigenvalue weighted by Crippen LogP contribution is 2.57. The molecular weight excluding hydrogens is 508 g/mol. The Kier molecular flexibility index (Phi) is 6.77. The van der Waals surface area contributed by atoms with Crippen LogP contribution in [-0.2, 0) is 23.2 Å². The summed E-state index contributed by atoms with van der Waals surface area (Å²) in [5.41, 5.74) is 7.57. The first-order valence-electron chi connectivity index (χ1n) is 14.5. The summed E-state index contributed by atoms with van der Waals surface area (Å²) < 4.78 is 13.3. The second kappa shape index (κ2) is 10.3. The molecule has 0 aromatic heterocycles. The van der Waals surface area contributed by atoms with Crippen LogP contribution in [0.25, 0.3) is 0 Å². The third-order valence-corrected chi connectivity index (χ3v) is 7.89. The molecular formula is C36H38N2O3. The summed E-state index contributed by atoms with van der Waals surface area (Å²) in [6.07, 6.45) is 1.80. The number of carbonyl (C=O) groups excluding carboxylic acids is 1. The lowest BCUT2D eigenvalue weighted by Gasteiger charge is -2.38. The molecule has 2 aliphatic heterocycles. The standard InChI is InChI=1S/C36H38N2O3/c1-22(2)17-24-19-25(18-23(3)4)34-32(20-24)36(30-10-8-7-9-29(30)35(39)41-36)31-16-13-27(21-33(31)40-34)37-26-11-14-28(15-12-26)38(5)6/h7-16,19-23,37H,17-18H2,1-6H3. The minimum atomic E-state index is -1.07. The Hall–Kier alpha value is -4.25. The van der Waals surface area contributed by atoms with Crippen LogP contribution in [-0.4, -0.2) is 20.1 Å². The van der Waals surface area contributed by atoms with Gasteiger partial charge in [0, 0.05) is 53.9 Å². The third kappa shape index (κ3) is 4.73. The summed E-state index contributed by atoms with van der Waals surface area (Å²) in [7, 11) is 4.06. The molecule has 6 rings (SSSR count). The average molecular weight is 547 g/mol. The van der Waals surface area contributed by atoms with Gasteiger partial charge in [-0.25, -0.2) is 4.79 Å². The number of rotatable bonds is 7.